The van der Waals surface area contributed by atoms with Crippen molar-refractivity contribution in [2.24, 2.45) is 0 Å². The number of barbiturate groups is 1. The van der Waals surface area contributed by atoms with Gasteiger partial charge in [-0.3, -0.25) is 19.8 Å². The van der Waals surface area contributed by atoms with Crippen molar-refractivity contribution >= 4 is 23.9 Å². The number of rotatable bonds is 3. The number of urea groups is 1. The Hall–Kier alpha value is -3.15. The van der Waals surface area contributed by atoms with Crippen LogP contribution in [0.5, 0.6) is 0 Å². The first-order valence-electron chi connectivity index (χ1n) is 9.19. The maximum absolute atomic E-state index is 12.9. The van der Waals surface area contributed by atoms with Crippen LogP contribution in [0, 0.1) is 6.92 Å². The summed E-state index contributed by atoms with van der Waals surface area (Å²) in [7, 11) is 0. The van der Waals surface area contributed by atoms with E-state index in [1.807, 2.05) is 54.1 Å². The van der Waals surface area contributed by atoms with Gasteiger partial charge in [-0.2, -0.15) is 0 Å². The van der Waals surface area contributed by atoms with E-state index in [1.165, 1.54) is 4.90 Å². The molecule has 1 aliphatic heterocycles. The molecule has 0 atom stereocenters. The van der Waals surface area contributed by atoms with Gasteiger partial charge in [0.15, 0.2) is 0 Å². The van der Waals surface area contributed by atoms with Crippen LogP contribution in [0.25, 0.3) is 11.8 Å². The summed E-state index contributed by atoms with van der Waals surface area (Å²) >= 11 is 0. The molecule has 2 aromatic rings. The van der Waals surface area contributed by atoms with E-state index in [0.717, 1.165) is 36.9 Å². The maximum Gasteiger partial charge on any atom is 0.331 e. The van der Waals surface area contributed by atoms with Crippen molar-refractivity contribution in [3.05, 3.63) is 59.4 Å². The van der Waals surface area contributed by atoms with Gasteiger partial charge in [0, 0.05) is 23.6 Å². The number of amides is 4. The molecule has 6 heteroatoms. The van der Waals surface area contributed by atoms with Crippen molar-refractivity contribution < 1.29 is 14.4 Å². The fraction of sp³-hybridized carbons (Fsp3) is 0.286. The molecule has 0 radical (unpaired) electrons. The average molecular weight is 363 g/mol. The van der Waals surface area contributed by atoms with Gasteiger partial charge in [0.05, 0.1) is 0 Å². The van der Waals surface area contributed by atoms with Crippen molar-refractivity contribution in [1.82, 2.24) is 14.8 Å². The Balaban J connectivity index is 1.71. The van der Waals surface area contributed by atoms with E-state index in [-0.39, 0.29) is 11.6 Å². The van der Waals surface area contributed by atoms with Crippen LogP contribution in [0.4, 0.5) is 4.79 Å². The van der Waals surface area contributed by atoms with E-state index in [0.29, 0.717) is 5.69 Å². The molecular formula is C21H21N3O3. The molecule has 0 unspecified atom stereocenters. The Labute approximate surface area is 157 Å². The summed E-state index contributed by atoms with van der Waals surface area (Å²) in [5, 5.41) is 2.32. The van der Waals surface area contributed by atoms with Crippen molar-refractivity contribution in [3.8, 4) is 5.69 Å². The molecule has 1 saturated carbocycles. The Kier molecular flexibility index (Phi) is 4.39. The summed E-state index contributed by atoms with van der Waals surface area (Å²) in [5.41, 5.74) is 2.76. The lowest BCUT2D eigenvalue weighted by Crippen LogP contribution is -2.57. The summed E-state index contributed by atoms with van der Waals surface area (Å²) in [6, 6.07) is 10.9. The van der Waals surface area contributed by atoms with Crippen LogP contribution >= 0.6 is 0 Å². The van der Waals surface area contributed by atoms with Crippen LogP contribution in [0.3, 0.4) is 0 Å². The SMILES string of the molecule is Cc1cccc(-n2cccc2/C=C2\C(=O)NC(=O)N(C3CCCC3)C2=O)c1. The van der Waals surface area contributed by atoms with E-state index < -0.39 is 17.8 Å². The summed E-state index contributed by atoms with van der Waals surface area (Å²) in [4.78, 5) is 38.7. The van der Waals surface area contributed by atoms with Gasteiger partial charge in [0.25, 0.3) is 11.8 Å². The Morgan fingerprint density at radius 3 is 2.59 bits per heavy atom. The molecule has 0 bridgehead atoms. The number of benzene rings is 1. The van der Waals surface area contributed by atoms with Crippen molar-refractivity contribution in [1.29, 1.82) is 0 Å². The van der Waals surface area contributed by atoms with Gasteiger partial charge in [-0.15, -0.1) is 0 Å². The number of imide groups is 2. The highest BCUT2D eigenvalue weighted by molar-refractivity contribution is 6.31. The molecule has 1 N–H and O–H groups in total. The van der Waals surface area contributed by atoms with Gasteiger partial charge < -0.3 is 4.57 Å². The van der Waals surface area contributed by atoms with E-state index in [1.54, 1.807) is 6.08 Å². The van der Waals surface area contributed by atoms with E-state index in [9.17, 15) is 14.4 Å². The zero-order valence-corrected chi connectivity index (χ0v) is 15.1. The molecule has 1 aliphatic carbocycles. The van der Waals surface area contributed by atoms with Gasteiger partial charge in [0.2, 0.25) is 0 Å². The minimum absolute atomic E-state index is 0.00546. The van der Waals surface area contributed by atoms with Crippen LogP contribution < -0.4 is 5.32 Å². The molecule has 2 fully saturated rings. The first-order valence-corrected chi connectivity index (χ1v) is 9.19. The lowest BCUT2D eigenvalue weighted by molar-refractivity contribution is -0.131. The highest BCUT2D eigenvalue weighted by Crippen LogP contribution is 2.27. The normalized spacial score (nSPS) is 19.8. The number of aryl methyl sites for hydroxylation is 1. The zero-order chi connectivity index (χ0) is 19.0. The third-order valence-corrected chi connectivity index (χ3v) is 5.18. The molecule has 4 amide bonds. The molecule has 1 aromatic carbocycles. The fourth-order valence-corrected chi connectivity index (χ4v) is 3.84. The van der Waals surface area contributed by atoms with Gasteiger partial charge >= 0.3 is 6.03 Å². The van der Waals surface area contributed by atoms with Crippen LogP contribution in [0.2, 0.25) is 0 Å². The van der Waals surface area contributed by atoms with E-state index >= 15 is 0 Å². The van der Waals surface area contributed by atoms with Crippen molar-refractivity contribution in [3.63, 3.8) is 0 Å². The monoisotopic (exact) mass is 363 g/mol. The van der Waals surface area contributed by atoms with E-state index in [2.05, 4.69) is 5.32 Å². The van der Waals surface area contributed by atoms with Gasteiger partial charge in [-0.1, -0.05) is 25.0 Å². The lowest BCUT2D eigenvalue weighted by Gasteiger charge is -2.31. The van der Waals surface area contributed by atoms with Crippen molar-refractivity contribution in [2.45, 2.75) is 38.6 Å². The predicted molar refractivity (Wildman–Crippen MR) is 101 cm³/mol. The average Bonchev–Trinajstić information content (AvgIpc) is 3.30. The second-order valence-electron chi connectivity index (χ2n) is 7.07. The topological polar surface area (TPSA) is 71.4 Å². The van der Waals surface area contributed by atoms with Crippen LogP contribution in [0.15, 0.2) is 48.2 Å². The van der Waals surface area contributed by atoms with Crippen LogP contribution in [-0.4, -0.2) is 33.4 Å². The highest BCUT2D eigenvalue weighted by Gasteiger charge is 2.40. The Morgan fingerprint density at radius 1 is 1.07 bits per heavy atom. The number of hydrogen-bond donors (Lipinski definition) is 1. The molecule has 0 spiro atoms. The Bertz CT molecular complexity index is 951. The second kappa shape index (κ2) is 6.87. The molecule has 1 aromatic heterocycles. The minimum atomic E-state index is -0.642. The molecular weight excluding hydrogens is 342 g/mol. The maximum atomic E-state index is 12.9. The first kappa shape index (κ1) is 17.3. The van der Waals surface area contributed by atoms with Crippen LogP contribution in [0.1, 0.15) is 36.9 Å². The van der Waals surface area contributed by atoms with Crippen LogP contribution in [-0.2, 0) is 9.59 Å². The number of carbonyl (C=O) groups excluding carboxylic acids is 3. The molecule has 138 valence electrons. The molecule has 1 saturated heterocycles. The van der Waals surface area contributed by atoms with Gasteiger partial charge in [-0.05, 0) is 55.7 Å². The zero-order valence-electron chi connectivity index (χ0n) is 15.1. The number of nitrogens with zero attached hydrogens (tertiary/aromatic N) is 2. The standard InChI is InChI=1S/C21H21N3O3/c1-14-6-4-9-16(12-14)23-11-5-10-17(23)13-18-19(25)22-21(27)24(20(18)26)15-7-2-3-8-15/h4-6,9-13,15H,2-3,7-8H2,1H3,(H,22,25,27)/b18-13+. The molecule has 4 rings (SSSR count). The fourth-order valence-electron chi connectivity index (χ4n) is 3.84. The van der Waals surface area contributed by atoms with E-state index in [4.69, 9.17) is 0 Å². The third kappa shape index (κ3) is 3.18. The summed E-state index contributed by atoms with van der Waals surface area (Å²) in [6.07, 6.45) is 7.01. The summed E-state index contributed by atoms with van der Waals surface area (Å²) in [5.74, 6) is -1.15. The smallest absolute Gasteiger partial charge is 0.317 e. The number of aromatic nitrogens is 1. The first-order chi connectivity index (χ1) is 13.0. The second-order valence-corrected chi connectivity index (χ2v) is 7.07. The van der Waals surface area contributed by atoms with Gasteiger partial charge in [-0.25, -0.2) is 4.79 Å². The number of hydrogen-bond acceptors (Lipinski definition) is 3. The molecule has 2 heterocycles. The lowest BCUT2D eigenvalue weighted by atomic mass is 10.1. The van der Waals surface area contributed by atoms with Gasteiger partial charge in [0.1, 0.15) is 5.57 Å². The predicted octanol–water partition coefficient (Wildman–Crippen LogP) is 3.19. The summed E-state index contributed by atoms with van der Waals surface area (Å²) < 4.78 is 1.91. The number of nitrogens with one attached hydrogen (secondary N) is 1. The largest absolute Gasteiger partial charge is 0.331 e. The minimum Gasteiger partial charge on any atom is -0.317 e. The van der Waals surface area contributed by atoms with Crippen molar-refractivity contribution in [2.75, 3.05) is 0 Å². The molecule has 27 heavy (non-hydrogen) atoms. The number of carbonyl (C=O) groups is 3. The Morgan fingerprint density at radius 2 is 1.85 bits per heavy atom. The third-order valence-electron chi connectivity index (χ3n) is 5.18. The summed E-state index contributed by atoms with van der Waals surface area (Å²) in [6.45, 7) is 2.01. The molecule has 6 nitrogen and oxygen atoms in total. The quantitative estimate of drug-likeness (QED) is 0.672. The highest BCUT2D eigenvalue weighted by atomic mass is 16.2. The molecule has 2 aliphatic rings.